The molecule has 1 atom stereocenters. The molecule has 0 spiro atoms. The van der Waals surface area contributed by atoms with Crippen LogP contribution < -0.4 is 11.2 Å². The Hall–Kier alpha value is -1.89. The molecule has 2 fully saturated rings. The van der Waals surface area contributed by atoms with Gasteiger partial charge in [-0.05, 0) is 51.6 Å². The van der Waals surface area contributed by atoms with Crippen molar-refractivity contribution in [2.24, 2.45) is 5.92 Å². The molecule has 1 aromatic heterocycles. The molecule has 2 N–H and O–H groups in total. The molecule has 2 aliphatic rings. The molecule has 7 nitrogen and oxygen atoms in total. The zero-order valence-corrected chi connectivity index (χ0v) is 15.0. The van der Waals surface area contributed by atoms with Crippen LogP contribution in [0.2, 0.25) is 0 Å². The van der Waals surface area contributed by atoms with E-state index in [-0.39, 0.29) is 12.3 Å². The van der Waals surface area contributed by atoms with Crippen LogP contribution in [-0.4, -0.2) is 58.4 Å². The number of amides is 1. The first-order valence-electron chi connectivity index (χ1n) is 9.35. The lowest BCUT2D eigenvalue weighted by atomic mass is 9.96. The summed E-state index contributed by atoms with van der Waals surface area (Å²) in [6, 6.07) is 0. The van der Waals surface area contributed by atoms with Crippen LogP contribution in [0.15, 0.2) is 9.59 Å². The van der Waals surface area contributed by atoms with Gasteiger partial charge in [0.1, 0.15) is 0 Å². The van der Waals surface area contributed by atoms with Gasteiger partial charge in [0.15, 0.2) is 0 Å². The molecule has 1 aromatic rings. The number of aryl methyl sites for hydroxylation is 1. The van der Waals surface area contributed by atoms with Crippen molar-refractivity contribution in [3.8, 4) is 0 Å². The predicted octanol–water partition coefficient (Wildman–Crippen LogP) is 0.639. The van der Waals surface area contributed by atoms with Gasteiger partial charge in [-0.2, -0.15) is 0 Å². The van der Waals surface area contributed by atoms with Gasteiger partial charge in [0, 0.05) is 30.9 Å². The Morgan fingerprint density at radius 1 is 1.08 bits per heavy atom. The monoisotopic (exact) mass is 348 g/mol. The second kappa shape index (κ2) is 7.99. The summed E-state index contributed by atoms with van der Waals surface area (Å²) < 4.78 is 0. The van der Waals surface area contributed by atoms with E-state index in [1.165, 1.54) is 38.8 Å². The SMILES string of the molecule is Cc1[nH]c(=O)[nH]c(=O)c1CC(=O)N1CCC[C@H](CN2CCCCC2)C1. The smallest absolute Gasteiger partial charge is 0.325 e. The van der Waals surface area contributed by atoms with Gasteiger partial charge in [-0.1, -0.05) is 6.42 Å². The second-order valence-corrected chi connectivity index (χ2v) is 7.40. The molecule has 0 unspecified atom stereocenters. The van der Waals surface area contributed by atoms with E-state index in [0.29, 0.717) is 17.2 Å². The number of aromatic nitrogens is 2. The van der Waals surface area contributed by atoms with Crippen molar-refractivity contribution in [2.75, 3.05) is 32.7 Å². The number of aromatic amines is 2. The molecule has 3 rings (SSSR count). The van der Waals surface area contributed by atoms with Gasteiger partial charge in [0.2, 0.25) is 5.91 Å². The molecular formula is C18H28N4O3. The summed E-state index contributed by atoms with van der Waals surface area (Å²) in [5.74, 6) is 0.495. The van der Waals surface area contributed by atoms with E-state index in [4.69, 9.17) is 0 Å². The Bertz CT molecular complexity index is 718. The minimum atomic E-state index is -0.529. The zero-order chi connectivity index (χ0) is 17.8. The number of piperidine rings is 2. The Kier molecular flexibility index (Phi) is 5.73. The average Bonchev–Trinajstić information content (AvgIpc) is 2.59. The van der Waals surface area contributed by atoms with Crippen molar-refractivity contribution < 1.29 is 4.79 Å². The average molecular weight is 348 g/mol. The highest BCUT2D eigenvalue weighted by atomic mass is 16.2. The van der Waals surface area contributed by atoms with Crippen LogP contribution in [0.25, 0.3) is 0 Å². The van der Waals surface area contributed by atoms with Crippen LogP contribution in [0.3, 0.4) is 0 Å². The summed E-state index contributed by atoms with van der Waals surface area (Å²) in [7, 11) is 0. The molecular weight excluding hydrogens is 320 g/mol. The lowest BCUT2D eigenvalue weighted by Gasteiger charge is -2.37. The lowest BCUT2D eigenvalue weighted by Crippen LogP contribution is -2.45. The van der Waals surface area contributed by atoms with Crippen molar-refractivity contribution in [2.45, 2.75) is 45.4 Å². The largest absolute Gasteiger partial charge is 0.342 e. The summed E-state index contributed by atoms with van der Waals surface area (Å²) in [6.45, 7) is 6.62. The molecule has 0 radical (unpaired) electrons. The fourth-order valence-corrected chi connectivity index (χ4v) is 4.05. The fraction of sp³-hybridized carbons (Fsp3) is 0.722. The lowest BCUT2D eigenvalue weighted by molar-refractivity contribution is -0.132. The Morgan fingerprint density at radius 3 is 2.56 bits per heavy atom. The predicted molar refractivity (Wildman–Crippen MR) is 95.7 cm³/mol. The van der Waals surface area contributed by atoms with E-state index in [1.54, 1.807) is 6.92 Å². The van der Waals surface area contributed by atoms with Gasteiger partial charge in [-0.25, -0.2) is 4.79 Å². The number of rotatable bonds is 4. The molecule has 2 saturated heterocycles. The summed E-state index contributed by atoms with van der Waals surface area (Å²) in [5, 5.41) is 0. The maximum Gasteiger partial charge on any atom is 0.325 e. The molecule has 3 heterocycles. The Labute approximate surface area is 147 Å². The molecule has 7 heteroatoms. The normalized spacial score (nSPS) is 22.1. The quantitative estimate of drug-likeness (QED) is 0.836. The van der Waals surface area contributed by atoms with E-state index in [2.05, 4.69) is 14.9 Å². The van der Waals surface area contributed by atoms with Gasteiger partial charge < -0.3 is 14.8 Å². The maximum atomic E-state index is 12.7. The van der Waals surface area contributed by atoms with Crippen molar-refractivity contribution in [3.05, 3.63) is 32.1 Å². The van der Waals surface area contributed by atoms with Crippen molar-refractivity contribution in [1.82, 2.24) is 19.8 Å². The number of carbonyl (C=O) groups is 1. The number of carbonyl (C=O) groups excluding carboxylic acids is 1. The molecule has 25 heavy (non-hydrogen) atoms. The topological polar surface area (TPSA) is 89.3 Å². The highest BCUT2D eigenvalue weighted by Gasteiger charge is 2.26. The second-order valence-electron chi connectivity index (χ2n) is 7.40. The standard InChI is InChI=1S/C18H28N4O3/c1-13-15(17(24)20-18(25)19-13)10-16(23)22-9-5-6-14(12-22)11-21-7-3-2-4-8-21/h14H,2-12H2,1H3,(H2,19,20,24,25)/t14-/m1/s1. The highest BCUT2D eigenvalue weighted by molar-refractivity contribution is 5.79. The van der Waals surface area contributed by atoms with E-state index >= 15 is 0 Å². The van der Waals surface area contributed by atoms with Gasteiger partial charge >= 0.3 is 5.69 Å². The van der Waals surface area contributed by atoms with E-state index < -0.39 is 11.2 Å². The molecule has 138 valence electrons. The minimum absolute atomic E-state index is 0.0241. The van der Waals surface area contributed by atoms with E-state index in [1.807, 2.05) is 4.90 Å². The first kappa shape index (κ1) is 17.9. The molecule has 0 aromatic carbocycles. The number of hydrogen-bond acceptors (Lipinski definition) is 4. The van der Waals surface area contributed by atoms with Crippen LogP contribution in [0.4, 0.5) is 0 Å². The zero-order valence-electron chi connectivity index (χ0n) is 15.0. The van der Waals surface area contributed by atoms with Crippen LogP contribution in [0, 0.1) is 12.8 Å². The van der Waals surface area contributed by atoms with Crippen LogP contribution in [0.1, 0.15) is 43.4 Å². The summed E-state index contributed by atoms with van der Waals surface area (Å²) in [6.07, 6.45) is 6.13. The first-order chi connectivity index (χ1) is 12.0. The molecule has 1 amide bonds. The van der Waals surface area contributed by atoms with Gasteiger partial charge in [-0.15, -0.1) is 0 Å². The van der Waals surface area contributed by atoms with Crippen molar-refractivity contribution >= 4 is 5.91 Å². The maximum absolute atomic E-state index is 12.7. The van der Waals surface area contributed by atoms with Gasteiger partial charge in [0.25, 0.3) is 5.56 Å². The third kappa shape index (κ3) is 4.60. The van der Waals surface area contributed by atoms with Crippen LogP contribution >= 0.6 is 0 Å². The number of nitrogens with one attached hydrogen (secondary N) is 2. The highest BCUT2D eigenvalue weighted by Crippen LogP contribution is 2.20. The summed E-state index contributed by atoms with van der Waals surface area (Å²) in [5.41, 5.74) is -0.151. The first-order valence-corrected chi connectivity index (χ1v) is 9.35. The molecule has 2 aliphatic heterocycles. The minimum Gasteiger partial charge on any atom is -0.342 e. The van der Waals surface area contributed by atoms with Gasteiger partial charge in [0.05, 0.1) is 6.42 Å². The van der Waals surface area contributed by atoms with Crippen molar-refractivity contribution in [1.29, 1.82) is 0 Å². The molecule has 0 bridgehead atoms. The third-order valence-electron chi connectivity index (χ3n) is 5.42. The van der Waals surface area contributed by atoms with Crippen LogP contribution in [0.5, 0.6) is 0 Å². The van der Waals surface area contributed by atoms with Gasteiger partial charge in [-0.3, -0.25) is 14.6 Å². The van der Waals surface area contributed by atoms with E-state index in [9.17, 15) is 14.4 Å². The Morgan fingerprint density at radius 2 is 1.84 bits per heavy atom. The van der Waals surface area contributed by atoms with Crippen LogP contribution in [-0.2, 0) is 11.2 Å². The number of nitrogens with zero attached hydrogens (tertiary/aromatic N) is 2. The Balaban J connectivity index is 1.60. The third-order valence-corrected chi connectivity index (χ3v) is 5.42. The number of hydrogen-bond donors (Lipinski definition) is 2. The molecule has 0 aliphatic carbocycles. The fourth-order valence-electron chi connectivity index (χ4n) is 4.05. The summed E-state index contributed by atoms with van der Waals surface area (Å²) in [4.78, 5) is 45.1. The van der Waals surface area contributed by atoms with Crippen molar-refractivity contribution in [3.63, 3.8) is 0 Å². The summed E-state index contributed by atoms with van der Waals surface area (Å²) >= 11 is 0. The number of likely N-dealkylation sites (tertiary alicyclic amines) is 2. The molecule has 0 saturated carbocycles. The number of H-pyrrole nitrogens is 2. The van der Waals surface area contributed by atoms with E-state index in [0.717, 1.165) is 26.1 Å².